The van der Waals surface area contributed by atoms with Crippen LogP contribution in [0, 0.1) is 5.92 Å². The van der Waals surface area contributed by atoms with E-state index in [0.29, 0.717) is 11.8 Å². The molecule has 0 amide bonds. The Hall–Kier alpha value is -7.10. The predicted molar refractivity (Wildman–Crippen MR) is 252 cm³/mol. The van der Waals surface area contributed by atoms with Crippen molar-refractivity contribution >= 4 is 66.5 Å². The average molecular weight is 773 g/mol. The number of hydrogen-bond donors (Lipinski definition) is 0. The van der Waals surface area contributed by atoms with Gasteiger partial charge in [-0.05, 0) is 124 Å². The lowest BCUT2D eigenvalue weighted by Gasteiger charge is -2.30. The van der Waals surface area contributed by atoms with Crippen LogP contribution in [0.5, 0.6) is 0 Å². The molecule has 0 aliphatic heterocycles. The fourth-order valence-electron chi connectivity index (χ4n) is 10.5. The standard InChI is InChI=1S/C57H44N2O/c1-57(2)50-19-11-9-17-45(50)46-32-30-44(36-51(46)57)58(42-26-21-38(22-27-42)37-13-5-3-6-14-37)43-28-23-39(24-29-43)40-25-31-49-53(35-40)59(41-15-7-4-8-16-41)52-34-33-48-47-18-10-12-20-54(47)60-56(48)55(49)52/h3-7,9-15,17-36,45,50H,8,16H2,1-2H3. The smallest absolute Gasteiger partial charge is 0.145 e. The molecular formula is C57H44N2O. The third-order valence-corrected chi connectivity index (χ3v) is 13.6. The molecule has 2 heterocycles. The van der Waals surface area contributed by atoms with Crippen LogP contribution in [0.15, 0.2) is 199 Å². The number of furan rings is 1. The molecule has 0 spiro atoms. The van der Waals surface area contributed by atoms with Gasteiger partial charge in [0.25, 0.3) is 0 Å². The van der Waals surface area contributed by atoms with Crippen LogP contribution >= 0.6 is 0 Å². The van der Waals surface area contributed by atoms with Crippen molar-refractivity contribution in [3.63, 3.8) is 0 Å². The molecular weight excluding hydrogens is 729 g/mol. The van der Waals surface area contributed by atoms with Crippen LogP contribution in [0.1, 0.15) is 43.7 Å². The first-order chi connectivity index (χ1) is 29.5. The van der Waals surface area contributed by atoms with Crippen LogP contribution in [0.25, 0.3) is 71.7 Å². The number of rotatable bonds is 6. The van der Waals surface area contributed by atoms with E-state index in [1.54, 1.807) is 0 Å². The lowest BCUT2D eigenvalue weighted by molar-refractivity contribution is 0.394. The number of anilines is 3. The largest absolute Gasteiger partial charge is 0.455 e. The number of benzene rings is 7. The molecule has 2 unspecified atom stereocenters. The van der Waals surface area contributed by atoms with Crippen molar-refractivity contribution < 1.29 is 4.42 Å². The van der Waals surface area contributed by atoms with Crippen molar-refractivity contribution in [2.75, 3.05) is 4.90 Å². The van der Waals surface area contributed by atoms with Gasteiger partial charge >= 0.3 is 0 Å². The monoisotopic (exact) mass is 772 g/mol. The number of allylic oxidation sites excluding steroid dienone is 8. The van der Waals surface area contributed by atoms with Crippen molar-refractivity contribution in [2.24, 2.45) is 5.92 Å². The molecule has 0 radical (unpaired) electrons. The molecule has 2 atom stereocenters. The van der Waals surface area contributed by atoms with Crippen LogP contribution in [0.3, 0.4) is 0 Å². The molecule has 0 saturated heterocycles. The minimum Gasteiger partial charge on any atom is -0.455 e. The first-order valence-corrected chi connectivity index (χ1v) is 21.3. The molecule has 60 heavy (non-hydrogen) atoms. The molecule has 0 N–H and O–H groups in total. The Morgan fingerprint density at radius 3 is 2.05 bits per heavy atom. The number of para-hydroxylation sites is 1. The second kappa shape index (κ2) is 13.5. The molecule has 0 bridgehead atoms. The Morgan fingerprint density at radius 1 is 0.583 bits per heavy atom. The highest BCUT2D eigenvalue weighted by atomic mass is 16.3. The second-order valence-electron chi connectivity index (χ2n) is 17.2. The fraction of sp³-hybridized carbons (Fsp3) is 0.123. The number of aromatic nitrogens is 1. The molecule has 0 fully saturated rings. The summed E-state index contributed by atoms with van der Waals surface area (Å²) in [5.74, 6) is 0.871. The lowest BCUT2D eigenvalue weighted by atomic mass is 9.74. The van der Waals surface area contributed by atoms with Crippen LogP contribution in [0.2, 0.25) is 0 Å². The van der Waals surface area contributed by atoms with Gasteiger partial charge in [-0.2, -0.15) is 0 Å². The van der Waals surface area contributed by atoms with Crippen molar-refractivity contribution in [1.29, 1.82) is 0 Å². The quantitative estimate of drug-likeness (QED) is 0.168. The molecule has 2 aromatic heterocycles. The summed E-state index contributed by atoms with van der Waals surface area (Å²) in [6.45, 7) is 4.82. The van der Waals surface area contributed by atoms with E-state index in [1.165, 1.54) is 66.6 Å². The fourth-order valence-corrected chi connectivity index (χ4v) is 10.5. The zero-order chi connectivity index (χ0) is 40.0. The van der Waals surface area contributed by atoms with Gasteiger partial charge < -0.3 is 13.9 Å². The van der Waals surface area contributed by atoms with Gasteiger partial charge in [-0.3, -0.25) is 0 Å². The topological polar surface area (TPSA) is 21.3 Å². The third kappa shape index (κ3) is 5.35. The highest BCUT2D eigenvalue weighted by molar-refractivity contribution is 6.24. The van der Waals surface area contributed by atoms with E-state index in [1.807, 2.05) is 0 Å². The number of nitrogens with zero attached hydrogens (tertiary/aromatic N) is 2. The minimum atomic E-state index is 0.0191. The maximum absolute atomic E-state index is 6.63. The van der Waals surface area contributed by atoms with E-state index in [0.717, 1.165) is 46.2 Å². The number of hydrogen-bond acceptors (Lipinski definition) is 2. The summed E-state index contributed by atoms with van der Waals surface area (Å²) in [5, 5.41) is 4.70. The summed E-state index contributed by atoms with van der Waals surface area (Å²) in [5.41, 5.74) is 16.7. The average Bonchev–Trinajstić information content (AvgIpc) is 3.92. The van der Waals surface area contributed by atoms with Crippen molar-refractivity contribution in [3.8, 4) is 22.3 Å². The molecule has 0 saturated carbocycles. The van der Waals surface area contributed by atoms with Gasteiger partial charge in [0.15, 0.2) is 0 Å². The van der Waals surface area contributed by atoms with Crippen molar-refractivity contribution in [1.82, 2.24) is 4.57 Å². The van der Waals surface area contributed by atoms with Crippen LogP contribution < -0.4 is 4.90 Å². The first-order valence-electron chi connectivity index (χ1n) is 21.3. The Bertz CT molecular complexity index is 3280. The van der Waals surface area contributed by atoms with Crippen LogP contribution in [-0.4, -0.2) is 4.57 Å². The highest BCUT2D eigenvalue weighted by Gasteiger charge is 2.44. The van der Waals surface area contributed by atoms with Crippen LogP contribution in [0.4, 0.5) is 17.1 Å². The normalized spacial score (nSPS) is 17.7. The van der Waals surface area contributed by atoms with Gasteiger partial charge in [0, 0.05) is 44.8 Å². The van der Waals surface area contributed by atoms with Crippen LogP contribution in [-0.2, 0) is 5.41 Å². The van der Waals surface area contributed by atoms with E-state index >= 15 is 0 Å². The van der Waals surface area contributed by atoms with E-state index in [2.05, 4.69) is 218 Å². The van der Waals surface area contributed by atoms with Gasteiger partial charge in [-0.1, -0.05) is 141 Å². The maximum atomic E-state index is 6.63. The summed E-state index contributed by atoms with van der Waals surface area (Å²) < 4.78 is 9.10. The molecule has 3 nitrogen and oxygen atoms in total. The lowest BCUT2D eigenvalue weighted by Crippen LogP contribution is -2.24. The van der Waals surface area contributed by atoms with E-state index < -0.39 is 0 Å². The highest BCUT2D eigenvalue weighted by Crippen LogP contribution is 2.54. The SMILES string of the molecule is CC1(C)c2cc(N(c3ccc(-c4ccccc4)cc3)c3ccc(-c4ccc5c6c7oc8ccccc8c7ccc6n(C6=CC=CCC6)c5c4)cc3)ccc2C2C=CC=CC21. The van der Waals surface area contributed by atoms with Gasteiger partial charge in [-0.25, -0.2) is 0 Å². The zero-order valence-corrected chi connectivity index (χ0v) is 33.8. The predicted octanol–water partition coefficient (Wildman–Crippen LogP) is 15.8. The van der Waals surface area contributed by atoms with E-state index in [9.17, 15) is 0 Å². The Balaban J connectivity index is 0.980. The Morgan fingerprint density at radius 2 is 1.27 bits per heavy atom. The Kier molecular flexibility index (Phi) is 7.84. The maximum Gasteiger partial charge on any atom is 0.145 e. The van der Waals surface area contributed by atoms with Crippen molar-refractivity contribution in [3.05, 3.63) is 205 Å². The Labute approximate surface area is 350 Å². The van der Waals surface area contributed by atoms with E-state index in [4.69, 9.17) is 4.42 Å². The van der Waals surface area contributed by atoms with Gasteiger partial charge in [0.1, 0.15) is 11.2 Å². The minimum absolute atomic E-state index is 0.0191. The molecule has 9 aromatic rings. The van der Waals surface area contributed by atoms with E-state index in [-0.39, 0.29) is 5.41 Å². The second-order valence-corrected chi connectivity index (χ2v) is 17.2. The molecule has 7 aromatic carbocycles. The summed E-state index contributed by atoms with van der Waals surface area (Å²) in [7, 11) is 0. The summed E-state index contributed by atoms with van der Waals surface area (Å²) >= 11 is 0. The summed E-state index contributed by atoms with van der Waals surface area (Å²) in [6, 6.07) is 55.8. The van der Waals surface area contributed by atoms with Gasteiger partial charge in [-0.15, -0.1) is 0 Å². The molecule has 3 aliphatic carbocycles. The number of fused-ring (bicyclic) bond motifs is 10. The molecule has 3 aliphatic rings. The summed E-state index contributed by atoms with van der Waals surface area (Å²) in [6.07, 6.45) is 18.0. The molecule has 3 heteroatoms. The molecule has 288 valence electrons. The zero-order valence-electron chi connectivity index (χ0n) is 33.8. The first kappa shape index (κ1) is 34.9. The van der Waals surface area contributed by atoms with Gasteiger partial charge in [0.05, 0.1) is 16.4 Å². The summed E-state index contributed by atoms with van der Waals surface area (Å²) in [4.78, 5) is 2.42. The molecule has 12 rings (SSSR count). The van der Waals surface area contributed by atoms with Crippen molar-refractivity contribution in [2.45, 2.75) is 38.0 Å². The van der Waals surface area contributed by atoms with Gasteiger partial charge in [0.2, 0.25) is 0 Å². The third-order valence-electron chi connectivity index (χ3n) is 13.6.